The maximum atomic E-state index is 12.8. The number of nitro groups is 1. The Morgan fingerprint density at radius 1 is 1.22 bits per heavy atom. The summed E-state index contributed by atoms with van der Waals surface area (Å²) >= 11 is 0. The lowest BCUT2D eigenvalue weighted by Crippen LogP contribution is -2.50. The summed E-state index contributed by atoms with van der Waals surface area (Å²) < 4.78 is 5.93. The van der Waals surface area contributed by atoms with E-state index in [4.69, 9.17) is 4.74 Å². The molecule has 0 bridgehead atoms. The number of ether oxygens (including phenoxy) is 1. The van der Waals surface area contributed by atoms with Gasteiger partial charge >= 0.3 is 5.97 Å². The summed E-state index contributed by atoms with van der Waals surface area (Å²) in [5.41, 5.74) is 2.75. The Balaban J connectivity index is 1.20. The van der Waals surface area contributed by atoms with Gasteiger partial charge in [0.1, 0.15) is 6.10 Å². The van der Waals surface area contributed by atoms with Gasteiger partial charge in [-0.1, -0.05) is 19.1 Å². The quantitative estimate of drug-likeness (QED) is 0.305. The molecule has 2 saturated heterocycles. The van der Waals surface area contributed by atoms with Crippen molar-refractivity contribution in [2.75, 3.05) is 37.6 Å². The van der Waals surface area contributed by atoms with E-state index in [9.17, 15) is 14.9 Å². The molecular weight excluding hydrogens is 406 g/mol. The molecule has 5 rings (SSSR count). The smallest absolute Gasteiger partial charge is 0.310 e. The first kappa shape index (κ1) is 21.4. The molecule has 1 aromatic rings. The van der Waals surface area contributed by atoms with E-state index in [0.717, 1.165) is 57.7 Å². The van der Waals surface area contributed by atoms with Crippen molar-refractivity contribution < 1.29 is 14.5 Å². The highest BCUT2D eigenvalue weighted by Crippen LogP contribution is 2.56. The van der Waals surface area contributed by atoms with Crippen LogP contribution in [0, 0.1) is 33.3 Å². The zero-order valence-corrected chi connectivity index (χ0v) is 18.9. The number of esters is 1. The van der Waals surface area contributed by atoms with Crippen molar-refractivity contribution in [2.24, 2.45) is 23.2 Å². The van der Waals surface area contributed by atoms with Gasteiger partial charge < -0.3 is 9.64 Å². The van der Waals surface area contributed by atoms with E-state index in [1.165, 1.54) is 18.4 Å². The van der Waals surface area contributed by atoms with Crippen LogP contribution in [0.3, 0.4) is 0 Å². The van der Waals surface area contributed by atoms with E-state index < -0.39 is 0 Å². The van der Waals surface area contributed by atoms with Crippen molar-refractivity contribution in [3.63, 3.8) is 0 Å². The largest absolute Gasteiger partial charge is 0.462 e. The Labute approximate surface area is 189 Å². The molecule has 2 heterocycles. The molecule has 2 aliphatic carbocycles. The van der Waals surface area contributed by atoms with Gasteiger partial charge in [-0.05, 0) is 55.6 Å². The SMILES string of the molecule is C=C1CCC[C@]2(C)C[C@@H]3OC(=O)[C@H](CN4CCN(c5ccc([N+](=O)[O-])cc5)CC4)[C@H]3C[C@H]12. The lowest BCUT2D eigenvalue weighted by Gasteiger charge is -2.50. The molecular formula is C25H33N3O4. The third kappa shape index (κ3) is 3.81. The van der Waals surface area contributed by atoms with Crippen LogP contribution in [0.15, 0.2) is 36.4 Å². The predicted molar refractivity (Wildman–Crippen MR) is 122 cm³/mol. The van der Waals surface area contributed by atoms with Gasteiger partial charge in [-0.2, -0.15) is 0 Å². The molecule has 7 heteroatoms. The monoisotopic (exact) mass is 439 g/mol. The highest BCUT2D eigenvalue weighted by molar-refractivity contribution is 5.75. The van der Waals surface area contributed by atoms with Crippen molar-refractivity contribution >= 4 is 17.3 Å². The van der Waals surface area contributed by atoms with E-state index in [2.05, 4.69) is 23.3 Å². The van der Waals surface area contributed by atoms with Gasteiger partial charge in [0.15, 0.2) is 0 Å². The topological polar surface area (TPSA) is 75.9 Å². The fraction of sp³-hybridized carbons (Fsp3) is 0.640. The van der Waals surface area contributed by atoms with Crippen molar-refractivity contribution in [1.82, 2.24) is 4.90 Å². The Morgan fingerprint density at radius 3 is 2.62 bits per heavy atom. The molecule has 0 unspecified atom stereocenters. The average molecular weight is 440 g/mol. The molecule has 1 aromatic carbocycles. The van der Waals surface area contributed by atoms with Gasteiger partial charge in [0.2, 0.25) is 0 Å². The van der Waals surface area contributed by atoms with Crippen molar-refractivity contribution in [1.29, 1.82) is 0 Å². The molecule has 7 nitrogen and oxygen atoms in total. The summed E-state index contributed by atoms with van der Waals surface area (Å²) in [6.07, 6.45) is 5.64. The Morgan fingerprint density at radius 2 is 1.94 bits per heavy atom. The average Bonchev–Trinajstić information content (AvgIpc) is 3.06. The van der Waals surface area contributed by atoms with Crippen LogP contribution in [0.4, 0.5) is 11.4 Å². The number of carbonyl (C=O) groups excluding carboxylic acids is 1. The third-order valence-electron chi connectivity index (χ3n) is 8.57. The first-order valence-electron chi connectivity index (χ1n) is 11.9. The minimum absolute atomic E-state index is 0.00865. The van der Waals surface area contributed by atoms with Crippen LogP contribution in [0.2, 0.25) is 0 Å². The number of benzene rings is 1. The number of rotatable bonds is 4. The van der Waals surface area contributed by atoms with E-state index in [-0.39, 0.29) is 34.0 Å². The number of carbonyl (C=O) groups is 1. The molecule has 5 atom stereocenters. The minimum atomic E-state index is -0.369. The number of fused-ring (bicyclic) bond motifs is 2. The standard InChI is InChI=1S/C25H33N3O4/c1-17-4-3-9-25(2)15-23-20(14-22(17)25)21(24(29)32-23)16-26-10-12-27(13-11-26)18-5-7-19(8-6-18)28(30)31/h5-8,20-23H,1,3-4,9-16H2,2H3/t20-,21-,22-,23+,25-/m1/s1. The van der Waals surface area contributed by atoms with Crippen LogP contribution in [-0.2, 0) is 9.53 Å². The second kappa shape index (κ2) is 8.18. The third-order valence-corrected chi connectivity index (χ3v) is 8.57. The molecule has 2 saturated carbocycles. The highest BCUT2D eigenvalue weighted by Gasteiger charge is 2.55. The van der Waals surface area contributed by atoms with Crippen molar-refractivity contribution in [3.05, 3.63) is 46.5 Å². The second-order valence-electron chi connectivity index (χ2n) is 10.5. The van der Waals surface area contributed by atoms with E-state index in [1.54, 1.807) is 12.1 Å². The summed E-state index contributed by atoms with van der Waals surface area (Å²) in [4.78, 5) is 28.0. The van der Waals surface area contributed by atoms with Crippen LogP contribution >= 0.6 is 0 Å². The maximum Gasteiger partial charge on any atom is 0.310 e. The first-order chi connectivity index (χ1) is 15.3. The number of hydrogen-bond donors (Lipinski definition) is 0. The fourth-order valence-corrected chi connectivity index (χ4v) is 6.72. The van der Waals surface area contributed by atoms with Gasteiger partial charge in [-0.3, -0.25) is 19.8 Å². The van der Waals surface area contributed by atoms with Gasteiger partial charge in [0.05, 0.1) is 10.8 Å². The summed E-state index contributed by atoms with van der Waals surface area (Å²) in [6, 6.07) is 6.77. The summed E-state index contributed by atoms with van der Waals surface area (Å²) in [5.74, 6) is 0.785. The van der Waals surface area contributed by atoms with Gasteiger partial charge in [0, 0.05) is 56.5 Å². The summed E-state index contributed by atoms with van der Waals surface area (Å²) in [5, 5.41) is 10.9. The van der Waals surface area contributed by atoms with Crippen LogP contribution in [0.5, 0.6) is 0 Å². The first-order valence-corrected chi connectivity index (χ1v) is 11.9. The minimum Gasteiger partial charge on any atom is -0.462 e. The number of non-ortho nitro benzene ring substituents is 1. The lowest BCUT2D eigenvalue weighted by atomic mass is 9.55. The van der Waals surface area contributed by atoms with Crippen molar-refractivity contribution in [3.8, 4) is 0 Å². The maximum absolute atomic E-state index is 12.8. The Hall–Kier alpha value is -2.41. The number of anilines is 1. The lowest BCUT2D eigenvalue weighted by molar-refractivity contribution is -0.384. The van der Waals surface area contributed by atoms with Gasteiger partial charge in [-0.25, -0.2) is 0 Å². The predicted octanol–water partition coefficient (Wildman–Crippen LogP) is 4.03. The zero-order chi connectivity index (χ0) is 22.5. The number of piperazine rings is 1. The summed E-state index contributed by atoms with van der Waals surface area (Å²) in [7, 11) is 0. The van der Waals surface area contributed by atoms with E-state index in [1.807, 2.05) is 12.1 Å². The molecule has 172 valence electrons. The molecule has 0 N–H and O–H groups in total. The fourth-order valence-electron chi connectivity index (χ4n) is 6.72. The molecule has 2 aliphatic heterocycles. The molecule has 32 heavy (non-hydrogen) atoms. The molecule has 0 amide bonds. The number of nitrogens with zero attached hydrogens (tertiary/aromatic N) is 3. The normalized spacial score (nSPS) is 35.2. The molecule has 4 fully saturated rings. The molecule has 0 spiro atoms. The Bertz CT molecular complexity index is 908. The summed E-state index contributed by atoms with van der Waals surface area (Å²) in [6.45, 7) is 11.0. The Kier molecular flexibility index (Phi) is 5.48. The van der Waals surface area contributed by atoms with E-state index in [0.29, 0.717) is 11.8 Å². The van der Waals surface area contributed by atoms with Gasteiger partial charge in [-0.15, -0.1) is 0 Å². The molecule has 0 aromatic heterocycles. The van der Waals surface area contributed by atoms with Crippen LogP contribution in [-0.4, -0.2) is 54.6 Å². The highest BCUT2D eigenvalue weighted by atomic mass is 16.6. The number of nitro benzene ring substituents is 1. The molecule has 4 aliphatic rings. The van der Waals surface area contributed by atoms with E-state index >= 15 is 0 Å². The van der Waals surface area contributed by atoms with Crippen LogP contribution < -0.4 is 4.90 Å². The number of hydrogen-bond acceptors (Lipinski definition) is 6. The van der Waals surface area contributed by atoms with Gasteiger partial charge in [0.25, 0.3) is 5.69 Å². The molecule has 0 radical (unpaired) electrons. The van der Waals surface area contributed by atoms with Crippen molar-refractivity contribution in [2.45, 2.75) is 45.1 Å². The number of allylic oxidation sites excluding steroid dienone is 1. The second-order valence-corrected chi connectivity index (χ2v) is 10.5. The zero-order valence-electron chi connectivity index (χ0n) is 18.9. The van der Waals surface area contributed by atoms with Crippen LogP contribution in [0.25, 0.3) is 0 Å². The van der Waals surface area contributed by atoms with Crippen LogP contribution in [0.1, 0.15) is 39.0 Å².